The Balaban J connectivity index is 2.76. The summed E-state index contributed by atoms with van der Waals surface area (Å²) in [7, 11) is 0. The number of carbonyl (C=O) groups excluding carboxylic acids is 1. The molecule has 0 aromatic carbocycles. The van der Waals surface area contributed by atoms with Gasteiger partial charge in [0.15, 0.2) is 5.83 Å². The second-order valence-electron chi connectivity index (χ2n) is 5.98. The van der Waals surface area contributed by atoms with Gasteiger partial charge in [-0.05, 0) is 32.3 Å². The van der Waals surface area contributed by atoms with Crippen LogP contribution in [0.1, 0.15) is 34.6 Å². The van der Waals surface area contributed by atoms with E-state index in [0.29, 0.717) is 0 Å². The molecular weight excluding hydrogens is 221 g/mol. The second kappa shape index (κ2) is 4.14. The van der Waals surface area contributed by atoms with Gasteiger partial charge < -0.3 is 4.74 Å². The van der Waals surface area contributed by atoms with E-state index in [2.05, 4.69) is 0 Å². The molecule has 0 spiro atoms. The highest BCUT2D eigenvalue weighted by atomic mass is 19.1. The molecule has 1 aliphatic carbocycles. The Labute approximate surface area is 101 Å². The summed E-state index contributed by atoms with van der Waals surface area (Å²) in [6.07, 6.45) is 1.22. The van der Waals surface area contributed by atoms with E-state index >= 15 is 0 Å². The molecule has 94 valence electrons. The lowest BCUT2D eigenvalue weighted by Crippen LogP contribution is -2.26. The predicted molar refractivity (Wildman–Crippen MR) is 61.4 cm³/mol. The molecule has 0 amide bonds. The summed E-state index contributed by atoms with van der Waals surface area (Å²) in [4.78, 5) is 11.9. The van der Waals surface area contributed by atoms with Crippen LogP contribution in [0.3, 0.4) is 0 Å². The number of ether oxygens (including phenoxy) is 1. The van der Waals surface area contributed by atoms with Crippen LogP contribution in [0, 0.1) is 28.6 Å². The van der Waals surface area contributed by atoms with Gasteiger partial charge in [0.25, 0.3) is 0 Å². The normalized spacial score (nSPS) is 27.2. The molecule has 0 saturated heterocycles. The zero-order chi connectivity index (χ0) is 13.4. The fourth-order valence-corrected chi connectivity index (χ4v) is 2.00. The highest BCUT2D eigenvalue weighted by molar-refractivity contribution is 5.78. The number of esters is 1. The van der Waals surface area contributed by atoms with Crippen LogP contribution in [0.5, 0.6) is 0 Å². The van der Waals surface area contributed by atoms with Gasteiger partial charge in [0, 0.05) is 5.92 Å². The number of hydrogen-bond donors (Lipinski definition) is 0. The van der Waals surface area contributed by atoms with Gasteiger partial charge in [-0.1, -0.05) is 13.8 Å². The Morgan fingerprint density at radius 2 is 2.00 bits per heavy atom. The lowest BCUT2D eigenvalue weighted by molar-refractivity contribution is -0.157. The fraction of sp³-hybridized carbons (Fsp3) is 0.692. The van der Waals surface area contributed by atoms with Crippen LogP contribution in [0.15, 0.2) is 11.9 Å². The van der Waals surface area contributed by atoms with E-state index in [1.165, 1.54) is 12.1 Å². The minimum atomic E-state index is -0.839. The van der Waals surface area contributed by atoms with E-state index in [4.69, 9.17) is 10.00 Å². The van der Waals surface area contributed by atoms with Gasteiger partial charge in [-0.2, -0.15) is 9.65 Å². The van der Waals surface area contributed by atoms with Crippen molar-refractivity contribution in [3.8, 4) is 6.07 Å². The van der Waals surface area contributed by atoms with E-state index in [1.807, 2.05) is 13.8 Å². The third-order valence-corrected chi connectivity index (χ3v) is 3.00. The maximum absolute atomic E-state index is 12.9. The molecule has 3 nitrogen and oxygen atoms in total. The number of nitriles is 1. The van der Waals surface area contributed by atoms with Crippen LogP contribution in [-0.2, 0) is 9.53 Å². The quantitative estimate of drug-likeness (QED) is 0.550. The number of allylic oxidation sites excluding steroid dienone is 2. The Morgan fingerprint density at radius 1 is 1.47 bits per heavy atom. The lowest BCUT2D eigenvalue weighted by Gasteiger charge is -2.19. The first-order chi connectivity index (χ1) is 7.59. The monoisotopic (exact) mass is 239 g/mol. The average molecular weight is 239 g/mol. The smallest absolute Gasteiger partial charge is 0.310 e. The number of hydrogen-bond acceptors (Lipinski definition) is 3. The highest BCUT2D eigenvalue weighted by Crippen LogP contribution is 2.60. The maximum Gasteiger partial charge on any atom is 0.310 e. The van der Waals surface area contributed by atoms with Crippen LogP contribution in [0.2, 0.25) is 0 Å². The van der Waals surface area contributed by atoms with Crippen molar-refractivity contribution in [2.45, 2.75) is 40.2 Å². The van der Waals surface area contributed by atoms with Crippen molar-refractivity contribution in [2.75, 3.05) is 0 Å². The van der Waals surface area contributed by atoms with E-state index in [1.54, 1.807) is 20.8 Å². The molecule has 0 radical (unpaired) electrons. The van der Waals surface area contributed by atoms with Crippen LogP contribution in [0.25, 0.3) is 0 Å². The third-order valence-electron chi connectivity index (χ3n) is 3.00. The van der Waals surface area contributed by atoms with Gasteiger partial charge in [-0.15, -0.1) is 0 Å². The summed E-state index contributed by atoms with van der Waals surface area (Å²) in [5.41, 5.74) is -0.881. The van der Waals surface area contributed by atoms with Crippen LogP contribution in [0.4, 0.5) is 4.39 Å². The number of rotatable bonds is 2. The Bertz CT molecular complexity index is 399. The first-order valence-corrected chi connectivity index (χ1v) is 5.60. The topological polar surface area (TPSA) is 50.1 Å². The average Bonchev–Trinajstić information content (AvgIpc) is 2.65. The molecule has 0 aromatic heterocycles. The number of halogens is 1. The van der Waals surface area contributed by atoms with E-state index in [0.717, 1.165) is 0 Å². The summed E-state index contributed by atoms with van der Waals surface area (Å²) in [5, 5.41) is 8.38. The molecule has 0 aliphatic heterocycles. The molecule has 1 saturated carbocycles. The zero-order valence-corrected chi connectivity index (χ0v) is 10.9. The van der Waals surface area contributed by atoms with Crippen molar-refractivity contribution in [1.29, 1.82) is 5.26 Å². The van der Waals surface area contributed by atoms with Crippen molar-refractivity contribution in [1.82, 2.24) is 0 Å². The van der Waals surface area contributed by atoms with Gasteiger partial charge >= 0.3 is 5.97 Å². The predicted octanol–water partition coefficient (Wildman–Crippen LogP) is 2.98. The summed E-state index contributed by atoms with van der Waals surface area (Å²) in [5.74, 6) is -1.78. The van der Waals surface area contributed by atoms with Gasteiger partial charge in [0.1, 0.15) is 11.7 Å². The minimum absolute atomic E-state index is 0.253. The Kier molecular flexibility index (Phi) is 3.33. The summed E-state index contributed by atoms with van der Waals surface area (Å²) < 4.78 is 18.2. The van der Waals surface area contributed by atoms with Crippen molar-refractivity contribution in [3.05, 3.63) is 11.9 Å². The van der Waals surface area contributed by atoms with Crippen molar-refractivity contribution in [2.24, 2.45) is 17.3 Å². The van der Waals surface area contributed by atoms with Gasteiger partial charge in [-0.25, -0.2) is 0 Å². The highest BCUT2D eigenvalue weighted by Gasteiger charge is 2.62. The van der Waals surface area contributed by atoms with Crippen molar-refractivity contribution in [3.63, 3.8) is 0 Å². The van der Waals surface area contributed by atoms with Gasteiger partial charge in [0.2, 0.25) is 0 Å². The van der Waals surface area contributed by atoms with Crippen molar-refractivity contribution >= 4 is 5.97 Å². The SMILES string of the molecule is CC(C)(C)OC(=O)C1C(C=C(F)C#N)C1(C)C. The molecular formula is C13H18FNO2. The zero-order valence-electron chi connectivity index (χ0n) is 10.9. The standard InChI is InChI=1S/C13H18FNO2/c1-12(2,3)17-11(16)10-9(13(10,4)5)6-8(14)7-15/h6,9-10H,1-5H3. The Hall–Kier alpha value is -1.37. The largest absolute Gasteiger partial charge is 0.460 e. The molecule has 1 rings (SSSR count). The molecule has 2 atom stereocenters. The molecule has 2 unspecified atom stereocenters. The van der Waals surface area contributed by atoms with E-state index < -0.39 is 11.4 Å². The van der Waals surface area contributed by atoms with Gasteiger partial charge in [-0.3, -0.25) is 4.79 Å². The summed E-state index contributed by atoms with van der Waals surface area (Å²) in [6.45, 7) is 9.11. The molecule has 0 aromatic rings. The second-order valence-corrected chi connectivity index (χ2v) is 5.98. The molecule has 0 bridgehead atoms. The summed E-state index contributed by atoms with van der Waals surface area (Å²) in [6, 6.07) is 1.42. The van der Waals surface area contributed by atoms with E-state index in [-0.39, 0.29) is 23.2 Å². The van der Waals surface area contributed by atoms with E-state index in [9.17, 15) is 9.18 Å². The van der Waals surface area contributed by atoms with Crippen molar-refractivity contribution < 1.29 is 13.9 Å². The summed E-state index contributed by atoms with van der Waals surface area (Å²) >= 11 is 0. The molecule has 0 heterocycles. The molecule has 17 heavy (non-hydrogen) atoms. The van der Waals surface area contributed by atoms with Crippen LogP contribution >= 0.6 is 0 Å². The van der Waals surface area contributed by atoms with Crippen LogP contribution in [-0.4, -0.2) is 11.6 Å². The molecule has 1 fully saturated rings. The lowest BCUT2D eigenvalue weighted by atomic mass is 10.1. The molecule has 1 aliphatic rings. The number of nitrogens with zero attached hydrogens (tertiary/aromatic N) is 1. The first-order valence-electron chi connectivity index (χ1n) is 5.60. The number of carbonyl (C=O) groups is 1. The maximum atomic E-state index is 12.9. The fourth-order valence-electron chi connectivity index (χ4n) is 2.00. The van der Waals surface area contributed by atoms with Crippen LogP contribution < -0.4 is 0 Å². The third kappa shape index (κ3) is 3.06. The molecule has 4 heteroatoms. The molecule has 0 N–H and O–H groups in total. The van der Waals surface area contributed by atoms with Gasteiger partial charge in [0.05, 0.1) is 5.92 Å². The minimum Gasteiger partial charge on any atom is -0.460 e. The first kappa shape index (κ1) is 13.7. The Morgan fingerprint density at radius 3 is 2.41 bits per heavy atom.